The monoisotopic (exact) mass is 286 g/mol. The van der Waals surface area contributed by atoms with Gasteiger partial charge in [-0.05, 0) is 38.0 Å². The molecule has 0 aromatic rings. The SMILES string of the molecule is CC1CCC(C(=O)C2CCCC(S(C)(=O)=O)C2)CC1. The molecule has 2 aliphatic carbocycles. The fourth-order valence-corrected chi connectivity index (χ4v) is 4.85. The lowest BCUT2D eigenvalue weighted by Gasteiger charge is -2.32. The van der Waals surface area contributed by atoms with Crippen LogP contribution in [0.2, 0.25) is 0 Å². The molecule has 0 aliphatic heterocycles. The van der Waals surface area contributed by atoms with Crippen molar-refractivity contribution in [3.8, 4) is 0 Å². The van der Waals surface area contributed by atoms with Crippen molar-refractivity contribution in [1.29, 1.82) is 0 Å². The second-order valence-electron chi connectivity index (χ2n) is 6.67. The Kier molecular flexibility index (Phi) is 4.70. The van der Waals surface area contributed by atoms with Crippen LogP contribution in [-0.4, -0.2) is 25.7 Å². The average molecular weight is 286 g/mol. The van der Waals surface area contributed by atoms with Gasteiger partial charge >= 0.3 is 0 Å². The topological polar surface area (TPSA) is 51.2 Å². The van der Waals surface area contributed by atoms with Gasteiger partial charge in [-0.1, -0.05) is 26.2 Å². The minimum absolute atomic E-state index is 0.00637. The number of Topliss-reactive ketones (excluding diaryl/α,β-unsaturated/α-hetero) is 1. The first-order valence-electron chi connectivity index (χ1n) is 7.60. The Bertz CT molecular complexity index is 419. The molecule has 110 valence electrons. The predicted octanol–water partition coefficient (Wildman–Crippen LogP) is 2.99. The molecule has 0 amide bonds. The second kappa shape index (κ2) is 5.94. The molecule has 2 unspecified atom stereocenters. The van der Waals surface area contributed by atoms with E-state index in [9.17, 15) is 13.2 Å². The van der Waals surface area contributed by atoms with E-state index in [2.05, 4.69) is 6.92 Å². The van der Waals surface area contributed by atoms with Crippen LogP contribution >= 0.6 is 0 Å². The third kappa shape index (κ3) is 3.80. The largest absolute Gasteiger partial charge is 0.299 e. The van der Waals surface area contributed by atoms with Crippen LogP contribution in [0, 0.1) is 17.8 Å². The first kappa shape index (κ1) is 15.0. The summed E-state index contributed by atoms with van der Waals surface area (Å²) in [6.45, 7) is 2.25. The molecular weight excluding hydrogens is 260 g/mol. The van der Waals surface area contributed by atoms with Gasteiger partial charge in [0.15, 0.2) is 0 Å². The lowest BCUT2D eigenvalue weighted by atomic mass is 9.74. The first-order valence-corrected chi connectivity index (χ1v) is 9.56. The zero-order valence-corrected chi connectivity index (χ0v) is 12.9. The Balaban J connectivity index is 1.95. The summed E-state index contributed by atoms with van der Waals surface area (Å²) in [6.07, 6.45) is 8.74. The molecule has 19 heavy (non-hydrogen) atoms. The van der Waals surface area contributed by atoms with Crippen LogP contribution in [0.15, 0.2) is 0 Å². The summed E-state index contributed by atoms with van der Waals surface area (Å²) < 4.78 is 23.3. The second-order valence-corrected chi connectivity index (χ2v) is 9.00. The molecule has 0 aromatic heterocycles. The molecule has 0 spiro atoms. The van der Waals surface area contributed by atoms with Crippen LogP contribution in [0.25, 0.3) is 0 Å². The highest BCUT2D eigenvalue weighted by molar-refractivity contribution is 7.91. The van der Waals surface area contributed by atoms with E-state index in [1.807, 2.05) is 0 Å². The van der Waals surface area contributed by atoms with Crippen LogP contribution in [0.5, 0.6) is 0 Å². The van der Waals surface area contributed by atoms with Gasteiger partial charge in [0.1, 0.15) is 15.6 Å². The number of carbonyl (C=O) groups is 1. The lowest BCUT2D eigenvalue weighted by molar-refractivity contribution is -0.128. The summed E-state index contributed by atoms with van der Waals surface area (Å²) in [5, 5.41) is -0.280. The minimum atomic E-state index is -2.98. The van der Waals surface area contributed by atoms with Gasteiger partial charge in [-0.3, -0.25) is 4.79 Å². The molecule has 0 heterocycles. The standard InChI is InChI=1S/C15H26O3S/c1-11-6-8-12(9-7-11)15(16)13-4-3-5-14(10-13)19(2,17)18/h11-14H,3-10H2,1-2H3. The van der Waals surface area contributed by atoms with Gasteiger partial charge < -0.3 is 0 Å². The van der Waals surface area contributed by atoms with E-state index in [0.717, 1.165) is 50.9 Å². The average Bonchev–Trinajstić information content (AvgIpc) is 2.38. The molecule has 0 N–H and O–H groups in total. The van der Waals surface area contributed by atoms with E-state index >= 15 is 0 Å². The highest BCUT2D eigenvalue weighted by Gasteiger charge is 2.36. The van der Waals surface area contributed by atoms with Crippen molar-refractivity contribution < 1.29 is 13.2 Å². The van der Waals surface area contributed by atoms with Gasteiger partial charge in [0.25, 0.3) is 0 Å². The smallest absolute Gasteiger partial charge is 0.150 e. The summed E-state index contributed by atoms with van der Waals surface area (Å²) in [6, 6.07) is 0. The third-order valence-corrected chi connectivity index (χ3v) is 6.69. The highest BCUT2D eigenvalue weighted by Crippen LogP contribution is 2.36. The van der Waals surface area contributed by atoms with Gasteiger partial charge in [-0.25, -0.2) is 8.42 Å². The van der Waals surface area contributed by atoms with E-state index in [1.165, 1.54) is 6.26 Å². The van der Waals surface area contributed by atoms with Crippen molar-refractivity contribution in [3.05, 3.63) is 0 Å². The van der Waals surface area contributed by atoms with Gasteiger partial charge in [0.2, 0.25) is 0 Å². The number of carbonyl (C=O) groups excluding carboxylic acids is 1. The fraction of sp³-hybridized carbons (Fsp3) is 0.933. The van der Waals surface area contributed by atoms with E-state index in [1.54, 1.807) is 0 Å². The van der Waals surface area contributed by atoms with Gasteiger partial charge in [0.05, 0.1) is 5.25 Å². The fourth-order valence-electron chi connectivity index (χ4n) is 3.67. The van der Waals surface area contributed by atoms with E-state index < -0.39 is 9.84 Å². The van der Waals surface area contributed by atoms with Crippen LogP contribution in [0.4, 0.5) is 0 Å². The molecule has 2 rings (SSSR count). The Morgan fingerprint density at radius 2 is 1.58 bits per heavy atom. The Morgan fingerprint density at radius 3 is 2.16 bits per heavy atom. The number of sulfone groups is 1. The summed E-state index contributed by atoms with van der Waals surface area (Å²) in [7, 11) is -2.98. The van der Waals surface area contributed by atoms with Crippen LogP contribution in [-0.2, 0) is 14.6 Å². The van der Waals surface area contributed by atoms with Crippen molar-refractivity contribution >= 4 is 15.6 Å². The molecule has 2 saturated carbocycles. The first-order chi connectivity index (χ1) is 8.88. The molecule has 0 radical (unpaired) electrons. The zero-order valence-electron chi connectivity index (χ0n) is 12.1. The van der Waals surface area contributed by atoms with E-state index in [4.69, 9.17) is 0 Å². The normalized spacial score (nSPS) is 36.9. The number of ketones is 1. The highest BCUT2D eigenvalue weighted by atomic mass is 32.2. The number of hydrogen-bond acceptors (Lipinski definition) is 3. The Hall–Kier alpha value is -0.380. The van der Waals surface area contributed by atoms with Crippen molar-refractivity contribution in [1.82, 2.24) is 0 Å². The maximum Gasteiger partial charge on any atom is 0.150 e. The van der Waals surface area contributed by atoms with Gasteiger partial charge in [0, 0.05) is 18.1 Å². The molecule has 2 aliphatic rings. The van der Waals surface area contributed by atoms with Gasteiger partial charge in [-0.2, -0.15) is 0 Å². The molecule has 0 saturated heterocycles. The summed E-state index contributed by atoms with van der Waals surface area (Å²) in [5.41, 5.74) is 0. The quantitative estimate of drug-likeness (QED) is 0.801. The van der Waals surface area contributed by atoms with Crippen molar-refractivity contribution in [2.45, 2.75) is 63.5 Å². The molecule has 0 aromatic carbocycles. The number of rotatable bonds is 3. The maximum atomic E-state index is 12.5. The predicted molar refractivity (Wildman–Crippen MR) is 76.7 cm³/mol. The zero-order chi connectivity index (χ0) is 14.0. The summed E-state index contributed by atoms with van der Waals surface area (Å²) >= 11 is 0. The third-order valence-electron chi connectivity index (χ3n) is 5.05. The molecule has 2 atom stereocenters. The van der Waals surface area contributed by atoms with Crippen molar-refractivity contribution in [2.24, 2.45) is 17.8 Å². The number of hydrogen-bond donors (Lipinski definition) is 0. The minimum Gasteiger partial charge on any atom is -0.299 e. The van der Waals surface area contributed by atoms with Crippen LogP contribution in [0.3, 0.4) is 0 Å². The lowest BCUT2D eigenvalue weighted by Crippen LogP contribution is -2.34. The molecule has 4 heteroatoms. The van der Waals surface area contributed by atoms with Crippen LogP contribution < -0.4 is 0 Å². The van der Waals surface area contributed by atoms with Crippen molar-refractivity contribution in [3.63, 3.8) is 0 Å². The van der Waals surface area contributed by atoms with E-state index in [-0.39, 0.29) is 17.1 Å². The summed E-state index contributed by atoms with van der Waals surface area (Å²) in [5.74, 6) is 1.32. The Morgan fingerprint density at radius 1 is 0.947 bits per heavy atom. The maximum absolute atomic E-state index is 12.5. The molecular formula is C15H26O3S. The van der Waals surface area contributed by atoms with E-state index in [0.29, 0.717) is 12.2 Å². The molecule has 3 nitrogen and oxygen atoms in total. The summed E-state index contributed by atoms with van der Waals surface area (Å²) in [4.78, 5) is 12.5. The van der Waals surface area contributed by atoms with Crippen LogP contribution in [0.1, 0.15) is 58.3 Å². The Labute approximate surface area is 117 Å². The van der Waals surface area contributed by atoms with Crippen molar-refractivity contribution in [2.75, 3.05) is 6.26 Å². The molecule has 0 bridgehead atoms. The van der Waals surface area contributed by atoms with Gasteiger partial charge in [-0.15, -0.1) is 0 Å². The molecule has 2 fully saturated rings.